The van der Waals surface area contributed by atoms with Gasteiger partial charge in [-0.05, 0) is 26.1 Å². The third kappa shape index (κ3) is 3.11. The quantitative estimate of drug-likeness (QED) is 0.482. The highest BCUT2D eigenvalue weighted by molar-refractivity contribution is 5.95. The van der Waals surface area contributed by atoms with Crippen LogP contribution in [0.15, 0.2) is 18.2 Å². The number of hydrogen-bond donors (Lipinski definition) is 2. The lowest BCUT2D eigenvalue weighted by Gasteiger charge is -2.37. The van der Waals surface area contributed by atoms with Crippen LogP contribution in [0, 0.1) is 10.1 Å². The summed E-state index contributed by atoms with van der Waals surface area (Å²) < 4.78 is 0. The lowest BCUT2D eigenvalue weighted by atomic mass is 10.1. The second-order valence-electron chi connectivity index (χ2n) is 5.21. The van der Waals surface area contributed by atoms with E-state index in [1.54, 1.807) is 11.0 Å². The van der Waals surface area contributed by atoms with Crippen molar-refractivity contribution in [3.8, 4) is 0 Å². The number of hydrogen-bond acceptors (Lipinski definition) is 6. The highest BCUT2D eigenvalue weighted by Crippen LogP contribution is 2.25. The summed E-state index contributed by atoms with van der Waals surface area (Å²) in [4.78, 5) is 26.8. The second-order valence-corrected chi connectivity index (χ2v) is 5.21. The molecule has 1 saturated heterocycles. The van der Waals surface area contributed by atoms with E-state index in [4.69, 9.17) is 5.84 Å². The van der Waals surface area contributed by atoms with Crippen LogP contribution in [0.1, 0.15) is 17.3 Å². The van der Waals surface area contributed by atoms with E-state index < -0.39 is 4.92 Å². The summed E-state index contributed by atoms with van der Waals surface area (Å²) in [5.74, 6) is 5.04. The molecule has 21 heavy (non-hydrogen) atoms. The Hall–Kier alpha value is -2.19. The van der Waals surface area contributed by atoms with Crippen molar-refractivity contribution in [3.05, 3.63) is 33.9 Å². The number of nitro benzene ring substituents is 1. The van der Waals surface area contributed by atoms with Gasteiger partial charge >= 0.3 is 0 Å². The Bertz CT molecular complexity index is 563. The fraction of sp³-hybridized carbons (Fsp3) is 0.462. The number of nitrogens with two attached hydrogens (primary N) is 1. The molecule has 0 aliphatic carbocycles. The van der Waals surface area contributed by atoms with Crippen LogP contribution >= 0.6 is 0 Å². The van der Waals surface area contributed by atoms with Gasteiger partial charge in [0.1, 0.15) is 5.69 Å². The molecule has 0 radical (unpaired) electrons. The van der Waals surface area contributed by atoms with Crippen molar-refractivity contribution in [1.82, 2.24) is 9.80 Å². The maximum Gasteiger partial charge on any atom is 0.294 e. The predicted molar refractivity (Wildman–Crippen MR) is 78.9 cm³/mol. The van der Waals surface area contributed by atoms with Gasteiger partial charge in [0, 0.05) is 37.3 Å². The maximum atomic E-state index is 12.5. The van der Waals surface area contributed by atoms with E-state index in [0.717, 1.165) is 6.54 Å². The minimum atomic E-state index is -0.557. The first-order valence-corrected chi connectivity index (χ1v) is 6.68. The van der Waals surface area contributed by atoms with Crippen LogP contribution < -0.4 is 11.3 Å². The molecule has 1 fully saturated rings. The fourth-order valence-corrected chi connectivity index (χ4v) is 2.35. The number of nitrogens with one attached hydrogen (secondary N) is 1. The van der Waals surface area contributed by atoms with Gasteiger partial charge in [-0.15, -0.1) is 0 Å². The Morgan fingerprint density at radius 2 is 2.19 bits per heavy atom. The molecule has 114 valence electrons. The number of hydrazine groups is 1. The van der Waals surface area contributed by atoms with Crippen molar-refractivity contribution in [2.45, 2.75) is 13.0 Å². The zero-order chi connectivity index (χ0) is 15.6. The smallest absolute Gasteiger partial charge is 0.294 e. The molecule has 1 atom stereocenters. The molecule has 1 unspecified atom stereocenters. The molecule has 1 aliphatic heterocycles. The molecule has 2 rings (SSSR count). The van der Waals surface area contributed by atoms with Gasteiger partial charge in [0.25, 0.3) is 11.6 Å². The number of benzene rings is 1. The Morgan fingerprint density at radius 1 is 1.48 bits per heavy atom. The van der Waals surface area contributed by atoms with Crippen LogP contribution in [0.3, 0.4) is 0 Å². The maximum absolute atomic E-state index is 12.5. The SMILES string of the molecule is CC1CN(C(=O)c2ccc(NN)c([N+](=O)[O-])c2)CCN1C. The van der Waals surface area contributed by atoms with Crippen LogP contribution in [0.5, 0.6) is 0 Å². The van der Waals surface area contributed by atoms with Crippen molar-refractivity contribution in [2.75, 3.05) is 32.1 Å². The molecule has 0 spiro atoms. The van der Waals surface area contributed by atoms with Crippen LogP contribution in [0.4, 0.5) is 11.4 Å². The van der Waals surface area contributed by atoms with Gasteiger partial charge in [0.2, 0.25) is 0 Å². The summed E-state index contributed by atoms with van der Waals surface area (Å²) in [5, 5.41) is 11.0. The van der Waals surface area contributed by atoms with E-state index >= 15 is 0 Å². The number of anilines is 1. The van der Waals surface area contributed by atoms with Gasteiger partial charge in [0.15, 0.2) is 0 Å². The second kappa shape index (κ2) is 6.06. The number of rotatable bonds is 3. The van der Waals surface area contributed by atoms with Gasteiger partial charge in [-0.2, -0.15) is 0 Å². The third-order valence-electron chi connectivity index (χ3n) is 3.84. The predicted octanol–water partition coefficient (Wildman–Crippen LogP) is 0.656. The third-order valence-corrected chi connectivity index (χ3v) is 3.84. The summed E-state index contributed by atoms with van der Waals surface area (Å²) in [6.45, 7) is 4.06. The lowest BCUT2D eigenvalue weighted by molar-refractivity contribution is -0.384. The Balaban J connectivity index is 2.23. The first kappa shape index (κ1) is 15.2. The summed E-state index contributed by atoms with van der Waals surface area (Å²) >= 11 is 0. The number of piperazine rings is 1. The van der Waals surface area contributed by atoms with Crippen molar-refractivity contribution in [3.63, 3.8) is 0 Å². The van der Waals surface area contributed by atoms with Gasteiger partial charge in [-0.1, -0.05) is 0 Å². The van der Waals surface area contributed by atoms with Crippen LogP contribution in [-0.2, 0) is 0 Å². The largest absolute Gasteiger partial charge is 0.336 e. The molecule has 0 bridgehead atoms. The highest BCUT2D eigenvalue weighted by atomic mass is 16.6. The zero-order valence-corrected chi connectivity index (χ0v) is 12.1. The molecule has 8 nitrogen and oxygen atoms in total. The summed E-state index contributed by atoms with van der Waals surface area (Å²) in [6, 6.07) is 4.53. The minimum Gasteiger partial charge on any atom is -0.336 e. The number of nitrogen functional groups attached to an aromatic ring is 1. The molecular formula is C13H19N5O3. The van der Waals surface area contributed by atoms with E-state index in [-0.39, 0.29) is 23.3 Å². The van der Waals surface area contributed by atoms with Crippen LogP contribution in [0.25, 0.3) is 0 Å². The van der Waals surface area contributed by atoms with Gasteiger partial charge in [0.05, 0.1) is 4.92 Å². The number of carbonyl (C=O) groups is 1. The summed E-state index contributed by atoms with van der Waals surface area (Å²) in [6.07, 6.45) is 0. The average Bonchev–Trinajstić information content (AvgIpc) is 2.48. The minimum absolute atomic E-state index is 0.184. The zero-order valence-electron chi connectivity index (χ0n) is 12.1. The molecular weight excluding hydrogens is 274 g/mol. The van der Waals surface area contributed by atoms with Crippen molar-refractivity contribution in [2.24, 2.45) is 5.84 Å². The number of nitro groups is 1. The molecule has 1 aliphatic rings. The highest BCUT2D eigenvalue weighted by Gasteiger charge is 2.26. The number of nitrogens with zero attached hydrogens (tertiary/aromatic N) is 3. The Morgan fingerprint density at radius 3 is 2.76 bits per heavy atom. The van der Waals surface area contributed by atoms with E-state index in [9.17, 15) is 14.9 Å². The van der Waals surface area contributed by atoms with Crippen molar-refractivity contribution < 1.29 is 9.72 Å². The first-order valence-electron chi connectivity index (χ1n) is 6.68. The molecule has 1 aromatic rings. The molecule has 1 heterocycles. The Kier molecular flexibility index (Phi) is 4.39. The molecule has 0 saturated carbocycles. The van der Waals surface area contributed by atoms with E-state index in [0.29, 0.717) is 18.7 Å². The molecule has 1 aromatic carbocycles. The van der Waals surface area contributed by atoms with Crippen molar-refractivity contribution in [1.29, 1.82) is 0 Å². The van der Waals surface area contributed by atoms with Gasteiger partial charge in [-0.25, -0.2) is 0 Å². The molecule has 1 amide bonds. The number of carbonyl (C=O) groups excluding carboxylic acids is 1. The van der Waals surface area contributed by atoms with E-state index in [1.165, 1.54) is 12.1 Å². The Labute approximate surface area is 122 Å². The van der Waals surface area contributed by atoms with E-state index in [1.807, 2.05) is 14.0 Å². The van der Waals surface area contributed by atoms with Crippen LogP contribution in [-0.4, -0.2) is 53.4 Å². The first-order chi connectivity index (χ1) is 9.93. The topological polar surface area (TPSA) is 105 Å². The standard InChI is InChI=1S/C13H19N5O3/c1-9-8-17(6-5-16(9)2)13(19)10-3-4-11(15-14)12(7-10)18(20)21/h3-4,7,9,15H,5-6,8,14H2,1-2H3. The van der Waals surface area contributed by atoms with Crippen molar-refractivity contribution >= 4 is 17.3 Å². The summed E-state index contributed by atoms with van der Waals surface area (Å²) in [7, 11) is 2.01. The monoisotopic (exact) mass is 293 g/mol. The van der Waals surface area contributed by atoms with E-state index in [2.05, 4.69) is 10.3 Å². The average molecular weight is 293 g/mol. The lowest BCUT2D eigenvalue weighted by Crippen LogP contribution is -2.52. The number of amides is 1. The molecule has 3 N–H and O–H groups in total. The summed E-state index contributed by atoms with van der Waals surface area (Å²) in [5.41, 5.74) is 2.55. The fourth-order valence-electron chi connectivity index (χ4n) is 2.35. The van der Waals surface area contributed by atoms with Crippen LogP contribution in [0.2, 0.25) is 0 Å². The van der Waals surface area contributed by atoms with Gasteiger partial charge < -0.3 is 15.2 Å². The normalized spacial score (nSPS) is 19.4. The van der Waals surface area contributed by atoms with Gasteiger partial charge in [-0.3, -0.25) is 20.8 Å². The molecule has 8 heteroatoms. The number of likely N-dealkylation sites (N-methyl/N-ethyl adjacent to an activating group) is 1. The molecule has 0 aromatic heterocycles.